The van der Waals surface area contributed by atoms with Gasteiger partial charge in [0.1, 0.15) is 12.1 Å². The van der Waals surface area contributed by atoms with Gasteiger partial charge in [-0.15, -0.1) is 0 Å². The molecule has 0 amide bonds. The molecule has 0 bridgehead atoms. The van der Waals surface area contributed by atoms with Crippen molar-refractivity contribution in [1.29, 1.82) is 0 Å². The third-order valence-electron chi connectivity index (χ3n) is 3.52. The summed E-state index contributed by atoms with van der Waals surface area (Å²) in [5, 5.41) is 0.702. The lowest BCUT2D eigenvalue weighted by Gasteiger charge is -2.23. The second kappa shape index (κ2) is 5.63. The molecule has 1 unspecified atom stereocenters. The van der Waals surface area contributed by atoms with Crippen LogP contribution >= 0.6 is 0 Å². The number of benzene rings is 1. The summed E-state index contributed by atoms with van der Waals surface area (Å²) in [5.74, 6) is -0.325. The summed E-state index contributed by atoms with van der Waals surface area (Å²) in [6.07, 6.45) is 4.78. The van der Waals surface area contributed by atoms with Crippen LogP contribution in [0.25, 0.3) is 10.9 Å². The summed E-state index contributed by atoms with van der Waals surface area (Å²) in [6, 6.07) is 4.85. The Morgan fingerprint density at radius 2 is 2.35 bits per heavy atom. The summed E-state index contributed by atoms with van der Waals surface area (Å²) in [4.78, 5) is 4.18. The molecule has 1 aromatic heterocycles. The van der Waals surface area contributed by atoms with Gasteiger partial charge >= 0.3 is 0 Å². The molecule has 1 aromatic carbocycles. The average Bonchev–Trinajstić information content (AvgIpc) is 2.48. The van der Waals surface area contributed by atoms with Crippen LogP contribution in [0, 0.1) is 5.82 Å². The lowest BCUT2D eigenvalue weighted by molar-refractivity contribution is -0.0114. The van der Waals surface area contributed by atoms with E-state index in [9.17, 15) is 4.39 Å². The first-order valence-corrected chi connectivity index (χ1v) is 6.83. The average molecular weight is 276 g/mol. The van der Waals surface area contributed by atoms with E-state index in [0.717, 1.165) is 25.9 Å². The number of fused-ring (bicyclic) bond motifs is 1. The highest BCUT2D eigenvalue weighted by molar-refractivity contribution is 5.94. The number of halogens is 1. The number of anilines is 1. The highest BCUT2D eigenvalue weighted by Crippen LogP contribution is 2.31. The zero-order valence-electron chi connectivity index (χ0n) is 11.1. The molecule has 1 aliphatic heterocycles. The fraction of sp³-hybridized carbons (Fsp3) is 0.400. The number of aromatic nitrogens is 1. The summed E-state index contributed by atoms with van der Waals surface area (Å²) < 4.78 is 25.3. The molecular weight excluding hydrogens is 259 g/mol. The van der Waals surface area contributed by atoms with Crippen LogP contribution in [0.3, 0.4) is 0 Å². The molecule has 0 aliphatic carbocycles. The molecule has 2 aromatic rings. The minimum atomic E-state index is -0.482. The number of hydrogen-bond acceptors (Lipinski definition) is 4. The predicted octanol–water partition coefficient (Wildman–Crippen LogP) is 2.90. The smallest absolute Gasteiger partial charge is 0.181 e. The van der Waals surface area contributed by atoms with E-state index in [-0.39, 0.29) is 11.9 Å². The Morgan fingerprint density at radius 1 is 1.45 bits per heavy atom. The predicted molar refractivity (Wildman–Crippen MR) is 75.2 cm³/mol. The second-order valence-electron chi connectivity index (χ2n) is 4.98. The quantitative estimate of drug-likeness (QED) is 0.876. The lowest BCUT2D eigenvalue weighted by Crippen LogP contribution is -2.26. The molecule has 3 rings (SSSR count). The Hall–Kier alpha value is -1.88. The van der Waals surface area contributed by atoms with Crippen LogP contribution in [-0.2, 0) is 4.74 Å². The van der Waals surface area contributed by atoms with Gasteiger partial charge in [0.2, 0.25) is 0 Å². The van der Waals surface area contributed by atoms with E-state index in [0.29, 0.717) is 23.2 Å². The van der Waals surface area contributed by atoms with E-state index in [1.54, 1.807) is 18.3 Å². The highest BCUT2D eigenvalue weighted by atomic mass is 19.1. The summed E-state index contributed by atoms with van der Waals surface area (Å²) in [5.41, 5.74) is 6.63. The standard InChI is InChI=1S/C15H17FN2O2/c16-12-8-13(17)11-5-3-6-18-14(11)15(12)20-9-10-4-1-2-7-19-10/h3,5-6,8,10H,1-2,4,7,9,17H2. The van der Waals surface area contributed by atoms with Crippen LogP contribution in [0.2, 0.25) is 0 Å². The molecule has 1 fully saturated rings. The molecule has 1 saturated heterocycles. The van der Waals surface area contributed by atoms with Crippen molar-refractivity contribution in [1.82, 2.24) is 4.98 Å². The van der Waals surface area contributed by atoms with E-state index in [2.05, 4.69) is 4.98 Å². The number of rotatable bonds is 3. The Bertz CT molecular complexity index is 612. The van der Waals surface area contributed by atoms with Crippen LogP contribution in [0.4, 0.5) is 10.1 Å². The first-order valence-electron chi connectivity index (χ1n) is 6.83. The maximum absolute atomic E-state index is 14.0. The third kappa shape index (κ3) is 2.54. The molecule has 1 atom stereocenters. The summed E-state index contributed by atoms with van der Waals surface area (Å²) in [7, 11) is 0. The number of nitrogen functional groups attached to an aromatic ring is 1. The number of nitrogens with two attached hydrogens (primary N) is 1. The minimum absolute atomic E-state index is 0.0273. The zero-order chi connectivity index (χ0) is 13.9. The SMILES string of the molecule is Nc1cc(F)c(OCC2CCCCO2)c2ncccc12. The van der Waals surface area contributed by atoms with Crippen molar-refractivity contribution in [2.45, 2.75) is 25.4 Å². The number of pyridine rings is 1. The Labute approximate surface area is 116 Å². The van der Waals surface area contributed by atoms with Crippen molar-refractivity contribution in [3.63, 3.8) is 0 Å². The van der Waals surface area contributed by atoms with Crippen molar-refractivity contribution >= 4 is 16.6 Å². The maximum Gasteiger partial charge on any atom is 0.181 e. The molecule has 2 heterocycles. The van der Waals surface area contributed by atoms with Crippen LogP contribution in [-0.4, -0.2) is 24.3 Å². The van der Waals surface area contributed by atoms with Gasteiger partial charge in [0.15, 0.2) is 11.6 Å². The van der Waals surface area contributed by atoms with Crippen molar-refractivity contribution in [2.24, 2.45) is 0 Å². The first kappa shape index (κ1) is 13.1. The normalized spacial score (nSPS) is 19.1. The molecule has 2 N–H and O–H groups in total. The maximum atomic E-state index is 14.0. The van der Waals surface area contributed by atoms with Gasteiger partial charge in [-0.1, -0.05) is 0 Å². The number of nitrogens with zero attached hydrogens (tertiary/aromatic N) is 1. The molecule has 20 heavy (non-hydrogen) atoms. The molecule has 0 radical (unpaired) electrons. The van der Waals surface area contributed by atoms with Crippen LogP contribution in [0.5, 0.6) is 5.75 Å². The van der Waals surface area contributed by atoms with E-state index in [1.807, 2.05) is 0 Å². The highest BCUT2D eigenvalue weighted by Gasteiger charge is 2.18. The Morgan fingerprint density at radius 3 is 3.15 bits per heavy atom. The molecule has 5 heteroatoms. The second-order valence-corrected chi connectivity index (χ2v) is 4.98. The number of hydrogen-bond donors (Lipinski definition) is 1. The van der Waals surface area contributed by atoms with Gasteiger partial charge in [-0.05, 0) is 31.4 Å². The van der Waals surface area contributed by atoms with Gasteiger partial charge in [0.05, 0.1) is 6.10 Å². The largest absolute Gasteiger partial charge is 0.486 e. The van der Waals surface area contributed by atoms with Crippen LogP contribution < -0.4 is 10.5 Å². The van der Waals surface area contributed by atoms with E-state index < -0.39 is 5.82 Å². The fourth-order valence-corrected chi connectivity index (χ4v) is 2.46. The van der Waals surface area contributed by atoms with Gasteiger partial charge in [-0.2, -0.15) is 0 Å². The van der Waals surface area contributed by atoms with Gasteiger partial charge in [0.25, 0.3) is 0 Å². The lowest BCUT2D eigenvalue weighted by atomic mass is 10.1. The monoisotopic (exact) mass is 276 g/mol. The molecule has 0 saturated carbocycles. The van der Waals surface area contributed by atoms with E-state index in [4.69, 9.17) is 15.2 Å². The Kier molecular flexibility index (Phi) is 3.69. The third-order valence-corrected chi connectivity index (χ3v) is 3.52. The van der Waals surface area contributed by atoms with E-state index >= 15 is 0 Å². The fourth-order valence-electron chi connectivity index (χ4n) is 2.46. The molecule has 0 spiro atoms. The topological polar surface area (TPSA) is 57.4 Å². The van der Waals surface area contributed by atoms with Crippen LogP contribution in [0.1, 0.15) is 19.3 Å². The first-order chi connectivity index (χ1) is 9.75. The molecule has 4 nitrogen and oxygen atoms in total. The Balaban J connectivity index is 1.86. The summed E-state index contributed by atoms with van der Waals surface area (Å²) in [6.45, 7) is 1.09. The van der Waals surface area contributed by atoms with Crippen LogP contribution in [0.15, 0.2) is 24.4 Å². The molecule has 106 valence electrons. The zero-order valence-corrected chi connectivity index (χ0v) is 11.1. The summed E-state index contributed by atoms with van der Waals surface area (Å²) >= 11 is 0. The van der Waals surface area contributed by atoms with Gasteiger partial charge < -0.3 is 15.2 Å². The van der Waals surface area contributed by atoms with Crippen molar-refractivity contribution < 1.29 is 13.9 Å². The van der Waals surface area contributed by atoms with Gasteiger partial charge in [-0.25, -0.2) is 4.39 Å². The van der Waals surface area contributed by atoms with Crippen molar-refractivity contribution in [3.8, 4) is 5.75 Å². The number of ether oxygens (including phenoxy) is 2. The van der Waals surface area contributed by atoms with Gasteiger partial charge in [-0.3, -0.25) is 4.98 Å². The van der Waals surface area contributed by atoms with Crippen molar-refractivity contribution in [3.05, 3.63) is 30.2 Å². The van der Waals surface area contributed by atoms with Crippen molar-refractivity contribution in [2.75, 3.05) is 18.9 Å². The van der Waals surface area contributed by atoms with Gasteiger partial charge in [0, 0.05) is 29.9 Å². The minimum Gasteiger partial charge on any atom is -0.486 e. The van der Waals surface area contributed by atoms with E-state index in [1.165, 1.54) is 6.07 Å². The molecule has 1 aliphatic rings. The molecular formula is C15H17FN2O2.